The Balaban J connectivity index is 2.08. The predicted molar refractivity (Wildman–Crippen MR) is 64.6 cm³/mol. The van der Waals surface area contributed by atoms with Crippen molar-refractivity contribution in [3.05, 3.63) is 0 Å². The molecule has 1 aliphatic carbocycles. The van der Waals surface area contributed by atoms with E-state index in [1.807, 2.05) is 7.11 Å². The molecule has 1 N–H and O–H groups in total. The molecule has 1 unspecified atom stereocenters. The SMILES string of the molecule is CNC(C1CCCC1)C1(OC)CCOCC1. The quantitative estimate of drug-likeness (QED) is 0.796. The first-order valence-electron chi connectivity index (χ1n) is 6.62. The van der Waals surface area contributed by atoms with E-state index in [9.17, 15) is 0 Å². The molecule has 0 amide bonds. The average Bonchev–Trinajstić information content (AvgIpc) is 2.85. The van der Waals surface area contributed by atoms with Gasteiger partial charge in [-0.2, -0.15) is 0 Å². The summed E-state index contributed by atoms with van der Waals surface area (Å²) in [5, 5.41) is 3.52. The highest BCUT2D eigenvalue weighted by Crippen LogP contribution is 2.38. The lowest BCUT2D eigenvalue weighted by Gasteiger charge is -2.44. The summed E-state index contributed by atoms with van der Waals surface area (Å²) in [7, 11) is 3.95. The summed E-state index contributed by atoms with van der Waals surface area (Å²) in [6.45, 7) is 1.69. The molecule has 0 bridgehead atoms. The third-order valence-corrected chi connectivity index (χ3v) is 4.49. The Kier molecular flexibility index (Phi) is 4.22. The predicted octanol–water partition coefficient (Wildman–Crippen LogP) is 1.96. The van der Waals surface area contributed by atoms with Crippen LogP contribution in [0.25, 0.3) is 0 Å². The van der Waals surface area contributed by atoms with Gasteiger partial charge in [-0.15, -0.1) is 0 Å². The van der Waals surface area contributed by atoms with Gasteiger partial charge in [-0.1, -0.05) is 12.8 Å². The van der Waals surface area contributed by atoms with Gasteiger partial charge < -0.3 is 14.8 Å². The Bertz CT molecular complexity index is 208. The maximum atomic E-state index is 5.90. The van der Waals surface area contributed by atoms with Crippen molar-refractivity contribution < 1.29 is 9.47 Å². The standard InChI is InChI=1S/C13H25NO2/c1-14-12(11-5-3-4-6-11)13(15-2)7-9-16-10-8-13/h11-12,14H,3-10H2,1-2H3. The molecule has 16 heavy (non-hydrogen) atoms. The zero-order chi connectivity index (χ0) is 11.4. The van der Waals surface area contributed by atoms with Crippen molar-refractivity contribution in [2.24, 2.45) is 5.92 Å². The van der Waals surface area contributed by atoms with Gasteiger partial charge >= 0.3 is 0 Å². The Morgan fingerprint density at radius 3 is 2.38 bits per heavy atom. The summed E-state index contributed by atoms with van der Waals surface area (Å²) >= 11 is 0. The summed E-state index contributed by atoms with van der Waals surface area (Å²) < 4.78 is 11.4. The molecule has 2 fully saturated rings. The van der Waals surface area contributed by atoms with Crippen LogP contribution in [0.4, 0.5) is 0 Å². The molecule has 0 aromatic carbocycles. The molecule has 2 aliphatic rings. The lowest BCUT2D eigenvalue weighted by atomic mass is 9.78. The molecule has 1 heterocycles. The molecule has 1 aliphatic heterocycles. The van der Waals surface area contributed by atoms with E-state index in [0.29, 0.717) is 6.04 Å². The maximum absolute atomic E-state index is 5.90. The summed E-state index contributed by atoms with van der Waals surface area (Å²) in [6, 6.07) is 0.504. The van der Waals surface area contributed by atoms with Gasteiger partial charge in [0.25, 0.3) is 0 Å². The summed E-state index contributed by atoms with van der Waals surface area (Å²) in [6.07, 6.45) is 7.56. The van der Waals surface area contributed by atoms with Crippen molar-refractivity contribution in [1.29, 1.82) is 0 Å². The topological polar surface area (TPSA) is 30.5 Å². The van der Waals surface area contributed by atoms with Gasteiger partial charge in [0, 0.05) is 39.2 Å². The van der Waals surface area contributed by atoms with Crippen LogP contribution in [-0.4, -0.2) is 39.0 Å². The van der Waals surface area contributed by atoms with E-state index in [0.717, 1.165) is 32.0 Å². The minimum Gasteiger partial charge on any atom is -0.381 e. The van der Waals surface area contributed by atoms with E-state index in [4.69, 9.17) is 9.47 Å². The van der Waals surface area contributed by atoms with Crippen LogP contribution in [0.2, 0.25) is 0 Å². The molecule has 1 atom stereocenters. The van der Waals surface area contributed by atoms with Crippen molar-refractivity contribution in [3.63, 3.8) is 0 Å². The smallest absolute Gasteiger partial charge is 0.0877 e. The normalized spacial score (nSPS) is 28.1. The van der Waals surface area contributed by atoms with E-state index in [-0.39, 0.29) is 5.60 Å². The zero-order valence-corrected chi connectivity index (χ0v) is 10.6. The average molecular weight is 227 g/mol. The van der Waals surface area contributed by atoms with Gasteiger partial charge in [-0.25, -0.2) is 0 Å². The number of likely N-dealkylation sites (N-methyl/N-ethyl adjacent to an activating group) is 1. The zero-order valence-electron chi connectivity index (χ0n) is 10.6. The van der Waals surface area contributed by atoms with Crippen LogP contribution in [0, 0.1) is 5.92 Å². The molecule has 2 rings (SSSR count). The summed E-state index contributed by atoms with van der Waals surface area (Å²) in [4.78, 5) is 0. The number of hydrogen-bond acceptors (Lipinski definition) is 3. The third kappa shape index (κ3) is 2.27. The number of rotatable bonds is 4. The number of ether oxygens (including phenoxy) is 2. The molecule has 0 radical (unpaired) electrons. The second-order valence-electron chi connectivity index (χ2n) is 5.19. The molecule has 0 aromatic rings. The number of hydrogen-bond donors (Lipinski definition) is 1. The maximum Gasteiger partial charge on any atom is 0.0877 e. The molecule has 94 valence electrons. The molecule has 3 nitrogen and oxygen atoms in total. The molecule has 1 saturated carbocycles. The molecular weight excluding hydrogens is 202 g/mol. The fraction of sp³-hybridized carbons (Fsp3) is 1.00. The monoisotopic (exact) mass is 227 g/mol. The van der Waals surface area contributed by atoms with Gasteiger partial charge in [0.1, 0.15) is 0 Å². The fourth-order valence-electron chi connectivity index (χ4n) is 3.58. The lowest BCUT2D eigenvalue weighted by molar-refractivity contribution is -0.119. The van der Waals surface area contributed by atoms with Gasteiger partial charge in [0.2, 0.25) is 0 Å². The Hall–Kier alpha value is -0.120. The van der Waals surface area contributed by atoms with E-state index in [1.54, 1.807) is 0 Å². The van der Waals surface area contributed by atoms with E-state index in [2.05, 4.69) is 12.4 Å². The van der Waals surface area contributed by atoms with Gasteiger partial charge in [0.15, 0.2) is 0 Å². The number of nitrogens with one attached hydrogen (secondary N) is 1. The Morgan fingerprint density at radius 1 is 1.25 bits per heavy atom. The molecule has 1 saturated heterocycles. The first-order chi connectivity index (χ1) is 7.82. The van der Waals surface area contributed by atoms with E-state index < -0.39 is 0 Å². The van der Waals surface area contributed by atoms with Crippen LogP contribution >= 0.6 is 0 Å². The van der Waals surface area contributed by atoms with Crippen molar-refractivity contribution in [2.45, 2.75) is 50.2 Å². The number of methoxy groups -OCH3 is 1. The minimum atomic E-state index is 0.0159. The highest BCUT2D eigenvalue weighted by Gasteiger charge is 2.44. The minimum absolute atomic E-state index is 0.0159. The fourth-order valence-corrected chi connectivity index (χ4v) is 3.58. The Morgan fingerprint density at radius 2 is 1.88 bits per heavy atom. The van der Waals surface area contributed by atoms with Crippen molar-refractivity contribution >= 4 is 0 Å². The third-order valence-electron chi connectivity index (χ3n) is 4.49. The largest absolute Gasteiger partial charge is 0.381 e. The van der Waals surface area contributed by atoms with Crippen LogP contribution in [-0.2, 0) is 9.47 Å². The molecular formula is C13H25NO2. The lowest BCUT2D eigenvalue weighted by Crippen LogP contribution is -2.57. The molecule has 3 heteroatoms. The molecule has 0 spiro atoms. The second-order valence-corrected chi connectivity index (χ2v) is 5.19. The van der Waals surface area contributed by atoms with Gasteiger partial charge in [-0.05, 0) is 25.8 Å². The Labute approximate surface area is 98.9 Å². The summed E-state index contributed by atoms with van der Waals surface area (Å²) in [5.74, 6) is 0.794. The van der Waals surface area contributed by atoms with Crippen LogP contribution in [0.15, 0.2) is 0 Å². The highest BCUT2D eigenvalue weighted by molar-refractivity contribution is 4.98. The van der Waals surface area contributed by atoms with Crippen molar-refractivity contribution in [2.75, 3.05) is 27.4 Å². The van der Waals surface area contributed by atoms with Crippen LogP contribution in [0.3, 0.4) is 0 Å². The molecule has 0 aromatic heterocycles. The van der Waals surface area contributed by atoms with E-state index >= 15 is 0 Å². The first-order valence-corrected chi connectivity index (χ1v) is 6.62. The second kappa shape index (κ2) is 5.48. The first kappa shape index (κ1) is 12.3. The van der Waals surface area contributed by atoms with E-state index in [1.165, 1.54) is 25.7 Å². The van der Waals surface area contributed by atoms with Crippen LogP contribution in [0.1, 0.15) is 38.5 Å². The summed E-state index contributed by atoms with van der Waals surface area (Å²) in [5.41, 5.74) is 0.0159. The highest BCUT2D eigenvalue weighted by atomic mass is 16.5. The van der Waals surface area contributed by atoms with Gasteiger partial charge in [-0.3, -0.25) is 0 Å². The van der Waals surface area contributed by atoms with Crippen LogP contribution in [0.5, 0.6) is 0 Å². The van der Waals surface area contributed by atoms with Crippen molar-refractivity contribution in [3.8, 4) is 0 Å². The van der Waals surface area contributed by atoms with Gasteiger partial charge in [0.05, 0.1) is 5.60 Å². The van der Waals surface area contributed by atoms with Crippen LogP contribution < -0.4 is 5.32 Å². The van der Waals surface area contributed by atoms with Crippen molar-refractivity contribution in [1.82, 2.24) is 5.32 Å².